The van der Waals surface area contributed by atoms with Gasteiger partial charge in [-0.2, -0.15) is 0 Å². The van der Waals surface area contributed by atoms with E-state index in [-0.39, 0.29) is 28.4 Å². The van der Waals surface area contributed by atoms with Gasteiger partial charge in [-0.3, -0.25) is 0 Å². The van der Waals surface area contributed by atoms with Crippen molar-refractivity contribution in [2.45, 2.75) is 141 Å². The molecule has 0 bridgehead atoms. The quantitative estimate of drug-likeness (QED) is 0.125. The van der Waals surface area contributed by atoms with Crippen LogP contribution in [-0.2, 0) is 9.84 Å². The lowest BCUT2D eigenvalue weighted by atomic mass is 9.65. The van der Waals surface area contributed by atoms with E-state index in [1.54, 1.807) is 6.08 Å². The summed E-state index contributed by atoms with van der Waals surface area (Å²) in [5.74, 6) is 8.91. The third-order valence-electron chi connectivity index (χ3n) is 9.77. The van der Waals surface area contributed by atoms with Crippen LogP contribution in [0.15, 0.2) is 24.8 Å². The van der Waals surface area contributed by atoms with Gasteiger partial charge in [0.25, 0.3) is 0 Å². The molecule has 2 aliphatic rings. The fourth-order valence-electron chi connectivity index (χ4n) is 6.04. The predicted molar refractivity (Wildman–Crippen MR) is 170 cm³/mol. The van der Waals surface area contributed by atoms with Gasteiger partial charge in [0.1, 0.15) is 18.1 Å². The minimum absolute atomic E-state index is 0.0135. The van der Waals surface area contributed by atoms with Gasteiger partial charge < -0.3 is 19.0 Å². The molecule has 0 aromatic heterocycles. The molecule has 0 radical (unpaired) electrons. The Morgan fingerprint density at radius 3 is 2.52 bits per heavy atom. The van der Waals surface area contributed by atoms with Gasteiger partial charge in [0, 0.05) is 17.4 Å². The van der Waals surface area contributed by atoms with E-state index in [0.29, 0.717) is 19.6 Å². The number of fused-ring (bicyclic) bond motifs is 3. The van der Waals surface area contributed by atoms with Crippen molar-refractivity contribution in [2.24, 2.45) is 5.92 Å². The number of hydrogen-bond donors (Lipinski definition) is 1. The molecule has 0 saturated heterocycles. The molecule has 224 valence electrons. The summed E-state index contributed by atoms with van der Waals surface area (Å²) in [5, 5.41) is 10.9. The second kappa shape index (κ2) is 13.1. The highest BCUT2D eigenvalue weighted by molar-refractivity contribution is 6.74. The maximum Gasteiger partial charge on any atom is 0.193 e. The van der Waals surface area contributed by atoms with Crippen molar-refractivity contribution in [3.05, 3.63) is 35.9 Å². The third-order valence-corrected chi connectivity index (χ3v) is 14.2. The maximum atomic E-state index is 10.8. The molecule has 4 nitrogen and oxygen atoms in total. The molecule has 1 saturated carbocycles. The first kappa shape index (κ1) is 32.8. The molecule has 0 spiro atoms. The molecule has 1 aromatic rings. The van der Waals surface area contributed by atoms with Crippen molar-refractivity contribution in [3.63, 3.8) is 0 Å². The summed E-state index contributed by atoms with van der Waals surface area (Å²) in [5.41, 5.74) is 1.65. The van der Waals surface area contributed by atoms with Crippen LogP contribution in [0.1, 0.15) is 117 Å². The van der Waals surface area contributed by atoms with Crippen LogP contribution in [0, 0.1) is 17.8 Å². The summed E-state index contributed by atoms with van der Waals surface area (Å²) in [6.07, 6.45) is 9.89. The number of rotatable bonds is 11. The van der Waals surface area contributed by atoms with Gasteiger partial charge in [-0.15, -0.1) is 0 Å². The fourth-order valence-corrected chi connectivity index (χ4v) is 6.91. The predicted octanol–water partition coefficient (Wildman–Crippen LogP) is 8.92. The molecule has 1 N–H and O–H groups in total. The number of hydrogen-bond acceptors (Lipinski definition) is 4. The molecule has 5 heteroatoms. The monoisotopic (exact) mass is 568 g/mol. The molecule has 1 aliphatic carbocycles. The first-order valence-corrected chi connectivity index (χ1v) is 18.5. The zero-order valence-corrected chi connectivity index (χ0v) is 27.9. The highest BCUT2D eigenvalue weighted by Crippen LogP contribution is 2.55. The van der Waals surface area contributed by atoms with E-state index in [0.717, 1.165) is 36.3 Å². The van der Waals surface area contributed by atoms with Gasteiger partial charge in [-0.1, -0.05) is 91.7 Å². The second-order valence-electron chi connectivity index (χ2n) is 14.4. The van der Waals surface area contributed by atoms with E-state index in [1.165, 1.54) is 31.2 Å². The van der Waals surface area contributed by atoms with Gasteiger partial charge in [0.2, 0.25) is 0 Å². The summed E-state index contributed by atoms with van der Waals surface area (Å²) in [6, 6.07) is 4.46. The second-order valence-corrected chi connectivity index (χ2v) is 19.2. The Bertz CT molecular complexity index is 1070. The molecular formula is C35H56O4Si. The highest BCUT2D eigenvalue weighted by atomic mass is 28.4. The molecule has 4 atom stereocenters. The van der Waals surface area contributed by atoms with Gasteiger partial charge in [-0.05, 0) is 73.9 Å². The van der Waals surface area contributed by atoms with Crippen LogP contribution in [0.25, 0.3) is 0 Å². The summed E-state index contributed by atoms with van der Waals surface area (Å²) in [7, 11) is -1.88. The SMILES string of the molecule is C=CCOc1cc(C(C)(C)CCCCCC)cc2c1[C@@H]1C[C@H](O)CC[C@H]1[C@](C)(C#CCO[Si](C)(C)C(C)(C)C)O2. The van der Waals surface area contributed by atoms with Gasteiger partial charge in [-0.25, -0.2) is 0 Å². The Labute approximate surface area is 246 Å². The average Bonchev–Trinajstić information content (AvgIpc) is 2.86. The lowest BCUT2D eigenvalue weighted by Gasteiger charge is -2.48. The Morgan fingerprint density at radius 2 is 1.88 bits per heavy atom. The summed E-state index contributed by atoms with van der Waals surface area (Å²) in [4.78, 5) is 0. The summed E-state index contributed by atoms with van der Waals surface area (Å²) in [6.45, 7) is 25.1. The summed E-state index contributed by atoms with van der Waals surface area (Å²) < 4.78 is 19.6. The van der Waals surface area contributed by atoms with Gasteiger partial charge in [0.15, 0.2) is 13.9 Å². The van der Waals surface area contributed by atoms with Crippen LogP contribution in [0.4, 0.5) is 0 Å². The molecule has 3 rings (SSSR count). The zero-order chi connectivity index (χ0) is 29.8. The van der Waals surface area contributed by atoms with Crippen molar-refractivity contribution in [3.8, 4) is 23.3 Å². The largest absolute Gasteiger partial charge is 0.489 e. The van der Waals surface area contributed by atoms with Crippen LogP contribution in [0.3, 0.4) is 0 Å². The molecule has 0 unspecified atom stereocenters. The van der Waals surface area contributed by atoms with Crippen LogP contribution < -0.4 is 9.47 Å². The Balaban J connectivity index is 2.01. The smallest absolute Gasteiger partial charge is 0.193 e. The summed E-state index contributed by atoms with van der Waals surface area (Å²) >= 11 is 0. The van der Waals surface area contributed by atoms with Crippen molar-refractivity contribution < 1.29 is 19.0 Å². The van der Waals surface area contributed by atoms with E-state index in [1.807, 2.05) is 0 Å². The number of benzene rings is 1. The van der Waals surface area contributed by atoms with E-state index in [4.69, 9.17) is 13.9 Å². The molecular weight excluding hydrogens is 512 g/mol. The lowest BCUT2D eigenvalue weighted by Crippen LogP contribution is -2.49. The van der Waals surface area contributed by atoms with E-state index < -0.39 is 13.9 Å². The molecule has 0 amide bonds. The van der Waals surface area contributed by atoms with E-state index >= 15 is 0 Å². The van der Waals surface area contributed by atoms with Crippen molar-refractivity contribution in [1.29, 1.82) is 0 Å². The van der Waals surface area contributed by atoms with Crippen LogP contribution in [-0.4, -0.2) is 38.3 Å². The topological polar surface area (TPSA) is 47.9 Å². The standard InChI is InChI=1S/C35H56O4Si/c1-11-13-14-15-19-34(6,7)26-23-30(37-21-12-2)32-28-25-27(36)17-18-29(28)35(8,39-31(32)24-26)20-16-22-38-40(9,10)33(3,4)5/h12,23-24,27-29,36H,2,11,13-15,17-19,21-22,25H2,1,3-10H3/t27-,28-,29-,35+/m1/s1. The molecule has 1 aliphatic heterocycles. The molecule has 1 aromatic carbocycles. The van der Waals surface area contributed by atoms with E-state index in [9.17, 15) is 5.11 Å². The van der Waals surface area contributed by atoms with Gasteiger partial charge in [0.05, 0.1) is 12.7 Å². The third kappa shape index (κ3) is 7.55. The molecule has 1 heterocycles. The lowest BCUT2D eigenvalue weighted by molar-refractivity contribution is -0.00810. The first-order chi connectivity index (χ1) is 18.6. The number of unbranched alkanes of at least 4 members (excludes halogenated alkanes) is 3. The zero-order valence-electron chi connectivity index (χ0n) is 26.9. The molecule has 1 fully saturated rings. The minimum Gasteiger partial charge on any atom is -0.489 e. The Morgan fingerprint density at radius 1 is 1.15 bits per heavy atom. The Hall–Kier alpha value is -1.74. The molecule has 40 heavy (non-hydrogen) atoms. The number of aliphatic hydroxyl groups is 1. The highest BCUT2D eigenvalue weighted by Gasteiger charge is 2.50. The van der Waals surface area contributed by atoms with Crippen LogP contribution >= 0.6 is 0 Å². The Kier molecular flexibility index (Phi) is 10.7. The van der Waals surface area contributed by atoms with Crippen molar-refractivity contribution in [1.82, 2.24) is 0 Å². The fraction of sp³-hybridized carbons (Fsp3) is 0.714. The number of aliphatic hydroxyl groups excluding tert-OH is 1. The minimum atomic E-state index is -1.88. The number of ether oxygens (including phenoxy) is 2. The van der Waals surface area contributed by atoms with Gasteiger partial charge >= 0.3 is 0 Å². The normalized spacial score (nSPS) is 24.7. The van der Waals surface area contributed by atoms with Crippen LogP contribution in [0.2, 0.25) is 18.1 Å². The maximum absolute atomic E-state index is 10.8. The van der Waals surface area contributed by atoms with Crippen LogP contribution in [0.5, 0.6) is 11.5 Å². The van der Waals surface area contributed by atoms with Crippen molar-refractivity contribution >= 4 is 8.32 Å². The van der Waals surface area contributed by atoms with Crippen molar-refractivity contribution in [2.75, 3.05) is 13.2 Å². The average molecular weight is 569 g/mol. The first-order valence-electron chi connectivity index (χ1n) is 15.6. The van der Waals surface area contributed by atoms with E-state index in [2.05, 4.69) is 92.1 Å².